The Balaban J connectivity index is 2.55. The third-order valence-corrected chi connectivity index (χ3v) is 7.28. The second kappa shape index (κ2) is 15.2. The molecule has 0 unspecified atom stereocenters. The van der Waals surface area contributed by atoms with Gasteiger partial charge in [0.05, 0.1) is 9.56 Å². The van der Waals surface area contributed by atoms with Crippen LogP contribution in [0.3, 0.4) is 0 Å². The van der Waals surface area contributed by atoms with Gasteiger partial charge in [-0.2, -0.15) is 0 Å². The molecule has 4 heteroatoms. The summed E-state index contributed by atoms with van der Waals surface area (Å²) in [7, 11) is 0. The monoisotopic (exact) mass is 402 g/mol. The van der Waals surface area contributed by atoms with E-state index in [1.807, 2.05) is 41.8 Å². The first-order valence-electron chi connectivity index (χ1n) is 11.4. The number of carboxylic acids is 1. The van der Waals surface area contributed by atoms with E-state index in [1.165, 1.54) is 0 Å². The van der Waals surface area contributed by atoms with Crippen molar-refractivity contribution >= 4 is 29.5 Å². The van der Waals surface area contributed by atoms with Crippen molar-refractivity contribution < 1.29 is 15.4 Å². The molecular weight excluding hydrogens is 360 g/mol. The first kappa shape index (κ1) is 17.2. The molecule has 0 bridgehead atoms. The van der Waals surface area contributed by atoms with Crippen LogP contribution in [0.2, 0.25) is 0 Å². The zero-order valence-electron chi connectivity index (χ0n) is 19.8. The van der Waals surface area contributed by atoms with Gasteiger partial charge in [0, 0.05) is 17.9 Å². The fraction of sp³-hybridized carbons (Fsp3) is 0.591. The maximum absolute atomic E-state index is 10.8. The summed E-state index contributed by atoms with van der Waals surface area (Å²) in [6, 6.07) is 0.690. The Labute approximate surface area is 173 Å². The van der Waals surface area contributed by atoms with Gasteiger partial charge in [-0.15, -0.1) is 23.5 Å². The molecular formula is C22H34O2S2. The second-order valence-corrected chi connectivity index (χ2v) is 9.20. The van der Waals surface area contributed by atoms with Crippen molar-refractivity contribution in [1.82, 2.24) is 0 Å². The molecule has 0 spiro atoms. The lowest BCUT2D eigenvalue weighted by atomic mass is 10.1. The van der Waals surface area contributed by atoms with E-state index in [1.54, 1.807) is 0 Å². The van der Waals surface area contributed by atoms with Crippen LogP contribution in [0.1, 0.15) is 70.2 Å². The minimum atomic E-state index is -0.757. The first-order valence-corrected chi connectivity index (χ1v) is 11.4. The molecule has 1 aliphatic rings. The van der Waals surface area contributed by atoms with Crippen LogP contribution in [-0.2, 0) is 4.79 Å². The van der Waals surface area contributed by atoms with Gasteiger partial charge in [-0.3, -0.25) is 4.79 Å². The molecule has 26 heavy (non-hydrogen) atoms. The van der Waals surface area contributed by atoms with Crippen molar-refractivity contribution in [1.29, 1.82) is 0 Å². The van der Waals surface area contributed by atoms with E-state index in [2.05, 4.69) is 13.0 Å². The minimum absolute atomic E-state index is 0.0490. The Kier molecular flexibility index (Phi) is 10.1. The second-order valence-electron chi connectivity index (χ2n) is 6.09. The highest BCUT2D eigenvalue weighted by atomic mass is 32.2. The molecule has 1 N–H and O–H groups in total. The summed E-state index contributed by atoms with van der Waals surface area (Å²) in [4.78, 5) is 10.8. The van der Waals surface area contributed by atoms with Gasteiger partial charge in [0.25, 0.3) is 0 Å². The fourth-order valence-electron chi connectivity index (χ4n) is 2.48. The van der Waals surface area contributed by atoms with Gasteiger partial charge >= 0.3 is 5.97 Å². The molecule has 1 aliphatic heterocycles. The maximum Gasteiger partial charge on any atom is 0.303 e. The predicted octanol–water partition coefficient (Wildman–Crippen LogP) is 7.00. The van der Waals surface area contributed by atoms with Crippen LogP contribution in [0, 0.1) is 0 Å². The van der Waals surface area contributed by atoms with E-state index in [-0.39, 0.29) is 41.1 Å². The van der Waals surface area contributed by atoms with Gasteiger partial charge in [-0.05, 0) is 38.5 Å². The molecule has 1 fully saturated rings. The van der Waals surface area contributed by atoms with Crippen LogP contribution in [0.25, 0.3) is 0 Å². The third kappa shape index (κ3) is 11.7. The average Bonchev–Trinajstić information content (AvgIpc) is 3.16. The number of rotatable bonds is 14. The van der Waals surface area contributed by atoms with E-state index < -0.39 is 5.97 Å². The molecule has 0 atom stereocenters. The molecule has 0 aromatic carbocycles. The van der Waals surface area contributed by atoms with Crippen molar-refractivity contribution in [2.24, 2.45) is 0 Å². The van der Waals surface area contributed by atoms with Gasteiger partial charge in [0.1, 0.15) is 0 Å². The topological polar surface area (TPSA) is 37.3 Å². The average molecular weight is 403 g/mol. The van der Waals surface area contributed by atoms with Gasteiger partial charge in [0.2, 0.25) is 0 Å². The molecule has 0 aliphatic carbocycles. The van der Waals surface area contributed by atoms with E-state index in [9.17, 15) is 4.79 Å². The lowest BCUT2D eigenvalue weighted by Gasteiger charge is -2.22. The van der Waals surface area contributed by atoms with Crippen LogP contribution in [0.4, 0.5) is 0 Å². The van der Waals surface area contributed by atoms with Crippen LogP contribution >= 0.6 is 23.5 Å². The van der Waals surface area contributed by atoms with Crippen molar-refractivity contribution in [3.05, 3.63) is 48.5 Å². The smallest absolute Gasteiger partial charge is 0.303 e. The van der Waals surface area contributed by atoms with E-state index in [0.29, 0.717) is 19.3 Å². The van der Waals surface area contributed by atoms with Gasteiger partial charge in [-0.25, -0.2) is 0 Å². The Hall–Kier alpha value is -0.870. The lowest BCUT2D eigenvalue weighted by Crippen LogP contribution is -2.13. The minimum Gasteiger partial charge on any atom is -0.481 e. The third-order valence-electron chi connectivity index (χ3n) is 3.84. The maximum atomic E-state index is 10.8. The highest BCUT2D eigenvalue weighted by molar-refractivity contribution is 8.21. The van der Waals surface area contributed by atoms with E-state index in [4.69, 9.17) is 10.6 Å². The van der Waals surface area contributed by atoms with Crippen molar-refractivity contribution in [2.75, 3.05) is 11.5 Å². The van der Waals surface area contributed by atoms with Gasteiger partial charge in [0.15, 0.2) is 0 Å². The van der Waals surface area contributed by atoms with E-state index in [0.717, 1.165) is 37.2 Å². The summed E-state index contributed by atoms with van der Waals surface area (Å²) in [5, 5.41) is 8.84. The Morgan fingerprint density at radius 2 is 1.81 bits per heavy atom. The highest BCUT2D eigenvalue weighted by Gasteiger charge is 2.32. The zero-order valence-corrected chi connectivity index (χ0v) is 17.4. The van der Waals surface area contributed by atoms with Crippen molar-refractivity contribution in [3.8, 4) is 0 Å². The SMILES string of the molecule is [3H]/C(C/C=C\C=C\C1(CCCC(=O)O)SCCS1)=C(\[3H])C/C([3H])=C(/[3H])CCCCC. The molecule has 0 saturated carbocycles. The molecule has 2 nitrogen and oxygen atoms in total. The zero-order chi connectivity index (χ0) is 22.4. The highest BCUT2D eigenvalue weighted by Crippen LogP contribution is 2.48. The van der Waals surface area contributed by atoms with Gasteiger partial charge < -0.3 is 5.11 Å². The standard InChI is InChI=1S/C22H34O2S2/c1-2-3-4-5-6-7-8-9-10-11-12-13-14-17-22(25-19-20-26-22)18-15-16-21(23)24/h6-7,9-10,12-14,17H,2-5,8,11,15-16,18-20H2,1H3,(H,23,24)/b7-6-,10-9-,13-12-,17-14+/i6T,7T,9T,10T. The Morgan fingerprint density at radius 3 is 2.54 bits per heavy atom. The molecule has 1 rings (SSSR count). The largest absolute Gasteiger partial charge is 0.481 e. The normalized spacial score (nSPS) is 21.1. The van der Waals surface area contributed by atoms with Crippen molar-refractivity contribution in [3.63, 3.8) is 0 Å². The molecule has 1 saturated heterocycles. The molecule has 1 heterocycles. The van der Waals surface area contributed by atoms with Crippen molar-refractivity contribution in [2.45, 2.75) is 68.8 Å². The Morgan fingerprint density at radius 1 is 1.08 bits per heavy atom. The number of carboxylic acid groups (broad SMARTS) is 1. The summed E-state index contributed by atoms with van der Waals surface area (Å²) in [5.74, 6) is 1.37. The van der Waals surface area contributed by atoms with Crippen LogP contribution < -0.4 is 0 Å². The fourth-order valence-corrected chi connectivity index (χ4v) is 5.60. The molecule has 0 amide bonds. The number of carbonyl (C=O) groups is 1. The molecule has 146 valence electrons. The summed E-state index contributed by atoms with van der Waals surface area (Å²) in [5.41, 5.74) is 0. The van der Waals surface area contributed by atoms with Crippen LogP contribution in [0.15, 0.2) is 48.5 Å². The number of hydrogen-bond donors (Lipinski definition) is 1. The number of aliphatic carboxylic acids is 1. The van der Waals surface area contributed by atoms with Crippen LogP contribution in [0.5, 0.6) is 0 Å². The van der Waals surface area contributed by atoms with E-state index >= 15 is 0 Å². The molecule has 0 aromatic rings. The Bertz CT molecular complexity index is 666. The first-order chi connectivity index (χ1) is 14.3. The quantitative estimate of drug-likeness (QED) is 0.193. The van der Waals surface area contributed by atoms with Gasteiger partial charge in [-0.1, -0.05) is 68.3 Å². The summed E-state index contributed by atoms with van der Waals surface area (Å²) >= 11 is 3.71. The molecule has 0 aromatic heterocycles. The molecule has 0 radical (unpaired) electrons. The summed E-state index contributed by atoms with van der Waals surface area (Å²) in [6.45, 7) is 2.10. The van der Waals surface area contributed by atoms with Crippen LogP contribution in [-0.4, -0.2) is 26.7 Å². The summed E-state index contributed by atoms with van der Waals surface area (Å²) < 4.78 is 31.9. The predicted molar refractivity (Wildman–Crippen MR) is 119 cm³/mol. The lowest BCUT2D eigenvalue weighted by molar-refractivity contribution is -0.137. The number of allylic oxidation sites excluding steroid dienone is 7. The summed E-state index contributed by atoms with van der Waals surface area (Å²) in [6.07, 6.45) is 13.4. The number of thioether (sulfide) groups is 2. The number of hydrogen-bond acceptors (Lipinski definition) is 3. The number of unbranched alkanes of at least 4 members (excludes halogenated alkanes) is 2.